The second-order valence-corrected chi connectivity index (χ2v) is 6.32. The highest BCUT2D eigenvalue weighted by Gasteiger charge is 2.27. The summed E-state index contributed by atoms with van der Waals surface area (Å²) < 4.78 is 38.9. The van der Waals surface area contributed by atoms with Crippen LogP contribution in [0.15, 0.2) is 41.1 Å². The van der Waals surface area contributed by atoms with Crippen molar-refractivity contribution in [3.63, 3.8) is 0 Å². The zero-order chi connectivity index (χ0) is 14.8. The molecule has 0 atom stereocenters. The smallest absolute Gasteiger partial charge is 0.251 e. The number of hydrogen-bond donors (Lipinski definition) is 1. The number of amides is 1. The fourth-order valence-electron chi connectivity index (χ4n) is 1.95. The zero-order valence-electron chi connectivity index (χ0n) is 11.0. The van der Waals surface area contributed by atoms with Crippen molar-refractivity contribution >= 4 is 15.9 Å². The van der Waals surface area contributed by atoms with E-state index in [1.54, 1.807) is 0 Å². The van der Waals surface area contributed by atoms with Gasteiger partial charge in [0.2, 0.25) is 10.0 Å². The van der Waals surface area contributed by atoms with Crippen molar-refractivity contribution < 1.29 is 17.6 Å². The molecule has 1 N–H and O–H groups in total. The minimum absolute atomic E-state index is 0.0554. The zero-order valence-corrected chi connectivity index (χ0v) is 11.8. The van der Waals surface area contributed by atoms with Gasteiger partial charge in [-0.2, -0.15) is 4.31 Å². The Labute approximate surface area is 117 Å². The van der Waals surface area contributed by atoms with Gasteiger partial charge in [0.25, 0.3) is 5.91 Å². The normalized spacial score (nSPS) is 16.6. The van der Waals surface area contributed by atoms with Crippen molar-refractivity contribution in [1.82, 2.24) is 9.62 Å². The second kappa shape index (κ2) is 5.72. The van der Waals surface area contributed by atoms with Gasteiger partial charge in [0.1, 0.15) is 5.83 Å². The summed E-state index contributed by atoms with van der Waals surface area (Å²) in [6.45, 7) is 0.0203. The molecular formula is C13H15FN2O3S. The van der Waals surface area contributed by atoms with Crippen molar-refractivity contribution in [1.29, 1.82) is 0 Å². The number of benzene rings is 1. The van der Waals surface area contributed by atoms with Gasteiger partial charge in [0.05, 0.1) is 11.4 Å². The van der Waals surface area contributed by atoms with Gasteiger partial charge in [-0.05, 0) is 30.7 Å². The van der Waals surface area contributed by atoms with Crippen LogP contribution in [0.25, 0.3) is 0 Å². The number of nitrogens with one attached hydrogen (secondary N) is 1. The molecule has 0 fully saturated rings. The van der Waals surface area contributed by atoms with Crippen LogP contribution in [0.4, 0.5) is 4.39 Å². The number of sulfonamides is 1. The maximum atomic E-state index is 13.2. The number of halogens is 1. The molecule has 2 rings (SSSR count). The molecule has 0 saturated heterocycles. The number of carbonyl (C=O) groups excluding carboxylic acids is 1. The molecule has 0 aromatic heterocycles. The van der Waals surface area contributed by atoms with E-state index in [0.29, 0.717) is 12.0 Å². The van der Waals surface area contributed by atoms with E-state index in [1.165, 1.54) is 37.4 Å². The number of carbonyl (C=O) groups is 1. The van der Waals surface area contributed by atoms with Crippen molar-refractivity contribution in [3.05, 3.63) is 41.7 Å². The third-order valence-corrected chi connectivity index (χ3v) is 4.91. The molecule has 5 nitrogen and oxygen atoms in total. The lowest BCUT2D eigenvalue weighted by Crippen LogP contribution is -2.35. The SMILES string of the molecule is CNC(=O)c1ccc(S(=O)(=O)N2CCC=C(F)C2)cc1. The number of nitrogens with zero attached hydrogens (tertiary/aromatic N) is 1. The van der Waals surface area contributed by atoms with Crippen molar-refractivity contribution in [2.24, 2.45) is 0 Å². The van der Waals surface area contributed by atoms with E-state index in [4.69, 9.17) is 0 Å². The minimum atomic E-state index is -3.72. The van der Waals surface area contributed by atoms with Gasteiger partial charge in [-0.15, -0.1) is 0 Å². The fraction of sp³-hybridized carbons (Fsp3) is 0.308. The lowest BCUT2D eigenvalue weighted by atomic mass is 10.2. The van der Waals surface area contributed by atoms with Crippen LogP contribution in [0, 0.1) is 0 Å². The molecule has 20 heavy (non-hydrogen) atoms. The van der Waals surface area contributed by atoms with Gasteiger partial charge < -0.3 is 5.32 Å². The summed E-state index contributed by atoms with van der Waals surface area (Å²) in [5, 5.41) is 2.45. The number of rotatable bonds is 3. The summed E-state index contributed by atoms with van der Waals surface area (Å²) in [7, 11) is -2.23. The molecule has 0 bridgehead atoms. The van der Waals surface area contributed by atoms with E-state index in [0.717, 1.165) is 4.31 Å². The van der Waals surface area contributed by atoms with E-state index in [9.17, 15) is 17.6 Å². The molecule has 0 unspecified atom stereocenters. The van der Waals surface area contributed by atoms with Crippen molar-refractivity contribution in [3.8, 4) is 0 Å². The molecule has 1 aliphatic heterocycles. The van der Waals surface area contributed by atoms with Gasteiger partial charge in [-0.25, -0.2) is 12.8 Å². The lowest BCUT2D eigenvalue weighted by Gasteiger charge is -2.23. The molecule has 1 aliphatic rings. The predicted octanol–water partition coefficient (Wildman–Crippen LogP) is 1.29. The Morgan fingerprint density at radius 3 is 2.50 bits per heavy atom. The van der Waals surface area contributed by atoms with E-state index in [1.807, 2.05) is 0 Å². The summed E-state index contributed by atoms with van der Waals surface area (Å²) >= 11 is 0. The van der Waals surface area contributed by atoms with E-state index in [2.05, 4.69) is 5.32 Å². The topological polar surface area (TPSA) is 66.5 Å². The molecule has 1 heterocycles. The lowest BCUT2D eigenvalue weighted by molar-refractivity contribution is 0.0963. The van der Waals surface area contributed by atoms with Gasteiger partial charge in [-0.3, -0.25) is 4.79 Å². The molecule has 1 aromatic rings. The fourth-order valence-corrected chi connectivity index (χ4v) is 3.37. The van der Waals surface area contributed by atoms with Gasteiger partial charge >= 0.3 is 0 Å². The molecule has 1 aromatic carbocycles. The van der Waals surface area contributed by atoms with Gasteiger partial charge in [0.15, 0.2) is 0 Å². The summed E-state index contributed by atoms with van der Waals surface area (Å²) in [6.07, 6.45) is 1.75. The Bertz CT molecular complexity index is 638. The molecule has 1 amide bonds. The van der Waals surface area contributed by atoms with Crippen LogP contribution in [0.2, 0.25) is 0 Å². The third-order valence-electron chi connectivity index (χ3n) is 3.05. The molecule has 0 saturated carbocycles. The van der Waals surface area contributed by atoms with Crippen LogP contribution in [0.3, 0.4) is 0 Å². The van der Waals surface area contributed by atoms with Crippen molar-refractivity contribution in [2.75, 3.05) is 20.1 Å². The van der Waals surface area contributed by atoms with Crippen LogP contribution >= 0.6 is 0 Å². The first kappa shape index (κ1) is 14.7. The first-order valence-electron chi connectivity index (χ1n) is 6.12. The Hall–Kier alpha value is -1.73. The number of hydrogen-bond acceptors (Lipinski definition) is 3. The Morgan fingerprint density at radius 1 is 1.30 bits per heavy atom. The van der Waals surface area contributed by atoms with Crippen LogP contribution < -0.4 is 5.32 Å². The first-order valence-corrected chi connectivity index (χ1v) is 7.56. The summed E-state index contributed by atoms with van der Waals surface area (Å²) in [4.78, 5) is 11.4. The standard InChI is InChI=1S/C13H15FN2O3S/c1-15-13(17)10-4-6-12(7-5-10)20(18,19)16-8-2-3-11(14)9-16/h3-7H,2,8-9H2,1H3,(H,15,17). The molecular weight excluding hydrogens is 283 g/mol. The van der Waals surface area contributed by atoms with E-state index >= 15 is 0 Å². The van der Waals surface area contributed by atoms with E-state index < -0.39 is 15.9 Å². The maximum Gasteiger partial charge on any atom is 0.251 e. The van der Waals surface area contributed by atoms with Crippen LogP contribution in [-0.2, 0) is 10.0 Å². The molecule has 0 aliphatic carbocycles. The maximum absolute atomic E-state index is 13.2. The quantitative estimate of drug-likeness (QED) is 0.914. The Kier molecular flexibility index (Phi) is 4.20. The second-order valence-electron chi connectivity index (χ2n) is 4.38. The molecule has 7 heteroatoms. The largest absolute Gasteiger partial charge is 0.355 e. The monoisotopic (exact) mass is 298 g/mol. The minimum Gasteiger partial charge on any atom is -0.355 e. The highest BCUT2D eigenvalue weighted by Crippen LogP contribution is 2.21. The van der Waals surface area contributed by atoms with Crippen LogP contribution in [-0.4, -0.2) is 38.8 Å². The molecule has 0 spiro atoms. The predicted molar refractivity (Wildman–Crippen MR) is 72.4 cm³/mol. The molecule has 108 valence electrons. The summed E-state index contributed by atoms with van der Waals surface area (Å²) in [5.74, 6) is -0.734. The van der Waals surface area contributed by atoms with Crippen LogP contribution in [0.5, 0.6) is 0 Å². The van der Waals surface area contributed by atoms with Gasteiger partial charge in [-0.1, -0.05) is 6.08 Å². The first-order chi connectivity index (χ1) is 9.45. The average Bonchev–Trinajstić information content (AvgIpc) is 2.46. The molecule has 0 radical (unpaired) electrons. The summed E-state index contributed by atoms with van der Waals surface area (Å²) in [5.41, 5.74) is 0.371. The highest BCUT2D eigenvalue weighted by atomic mass is 32.2. The van der Waals surface area contributed by atoms with E-state index in [-0.39, 0.29) is 23.9 Å². The Morgan fingerprint density at radius 2 is 1.95 bits per heavy atom. The Balaban J connectivity index is 2.26. The highest BCUT2D eigenvalue weighted by molar-refractivity contribution is 7.89. The average molecular weight is 298 g/mol. The van der Waals surface area contributed by atoms with Gasteiger partial charge in [0, 0.05) is 19.2 Å². The summed E-state index contributed by atoms with van der Waals surface area (Å²) in [6, 6.07) is 5.58. The van der Waals surface area contributed by atoms with Crippen LogP contribution in [0.1, 0.15) is 16.8 Å². The third kappa shape index (κ3) is 2.88. The van der Waals surface area contributed by atoms with Crippen molar-refractivity contribution in [2.45, 2.75) is 11.3 Å².